The monoisotopic (exact) mass is 470 g/mol. The summed E-state index contributed by atoms with van der Waals surface area (Å²) < 4.78 is 9.13. The lowest BCUT2D eigenvalue weighted by Crippen LogP contribution is -2.26. The molecule has 0 saturated carbocycles. The fourth-order valence-corrected chi connectivity index (χ4v) is 4.24. The van der Waals surface area contributed by atoms with Crippen molar-refractivity contribution in [1.82, 2.24) is 29.7 Å². The third-order valence-electron chi connectivity index (χ3n) is 6.30. The van der Waals surface area contributed by atoms with E-state index in [1.807, 2.05) is 29.8 Å². The van der Waals surface area contributed by atoms with Gasteiger partial charge in [0, 0.05) is 24.5 Å². The maximum Gasteiger partial charge on any atom is 0.272 e. The number of hydrogen-bond acceptors (Lipinski definition) is 5. The van der Waals surface area contributed by atoms with E-state index in [-0.39, 0.29) is 11.4 Å². The summed E-state index contributed by atoms with van der Waals surface area (Å²) in [6.45, 7) is 10.0. The summed E-state index contributed by atoms with van der Waals surface area (Å²) in [6.07, 6.45) is 8.50. The minimum atomic E-state index is -0.183. The molecule has 3 aromatic heterocycles. The minimum Gasteiger partial charge on any atom is -0.377 e. The summed E-state index contributed by atoms with van der Waals surface area (Å²) >= 11 is 0. The molecule has 0 radical (unpaired) electrons. The molecule has 1 aliphatic rings. The Bertz CT molecular complexity index is 1420. The van der Waals surface area contributed by atoms with Gasteiger partial charge in [0.05, 0.1) is 30.0 Å². The Morgan fingerprint density at radius 1 is 1.17 bits per heavy atom. The zero-order valence-corrected chi connectivity index (χ0v) is 20.6. The smallest absolute Gasteiger partial charge is 0.272 e. The molecule has 1 amide bonds. The molecule has 0 atom stereocenters. The molecule has 0 aliphatic carbocycles. The maximum atomic E-state index is 12.6. The van der Waals surface area contributed by atoms with E-state index in [0.717, 1.165) is 46.5 Å². The maximum absolute atomic E-state index is 12.6. The van der Waals surface area contributed by atoms with E-state index in [1.54, 1.807) is 17.1 Å². The van der Waals surface area contributed by atoms with Crippen molar-refractivity contribution >= 4 is 17.0 Å². The number of carbonyl (C=O) groups excluding carboxylic acids is 1. The van der Waals surface area contributed by atoms with Gasteiger partial charge in [-0.25, -0.2) is 9.50 Å². The highest BCUT2D eigenvalue weighted by Crippen LogP contribution is 2.29. The van der Waals surface area contributed by atoms with E-state index in [2.05, 4.69) is 65.7 Å². The van der Waals surface area contributed by atoms with Gasteiger partial charge in [0.1, 0.15) is 12.0 Å². The lowest BCUT2D eigenvalue weighted by atomic mass is 10.0. The molecule has 0 spiro atoms. The van der Waals surface area contributed by atoms with Gasteiger partial charge in [0.25, 0.3) is 5.91 Å². The molecule has 0 fully saturated rings. The Hall–Kier alpha value is -3.78. The number of hydrogen-bond donors (Lipinski definition) is 1. The molecular formula is C27H30N6O2. The number of amides is 1. The first-order valence-corrected chi connectivity index (χ1v) is 11.8. The Kier molecular flexibility index (Phi) is 5.98. The summed E-state index contributed by atoms with van der Waals surface area (Å²) in [5.74, 6) is -0.183. The second kappa shape index (κ2) is 9.11. The van der Waals surface area contributed by atoms with Gasteiger partial charge in [-0.3, -0.25) is 9.48 Å². The fourth-order valence-electron chi connectivity index (χ4n) is 4.24. The molecule has 1 N–H and O–H groups in total. The lowest BCUT2D eigenvalue weighted by molar-refractivity contribution is 0.0944. The molecular weight excluding hydrogens is 440 g/mol. The number of ether oxygens (including phenoxy) is 1. The van der Waals surface area contributed by atoms with Crippen LogP contribution in [0.4, 0.5) is 0 Å². The molecule has 0 saturated heterocycles. The fraction of sp³-hybridized carbons (Fsp3) is 0.333. The molecule has 5 rings (SSSR count). The quantitative estimate of drug-likeness (QED) is 0.468. The van der Waals surface area contributed by atoms with Crippen LogP contribution in [0.2, 0.25) is 0 Å². The van der Waals surface area contributed by atoms with Crippen molar-refractivity contribution in [1.29, 1.82) is 0 Å². The van der Waals surface area contributed by atoms with Crippen LogP contribution in [-0.2, 0) is 16.8 Å². The van der Waals surface area contributed by atoms with Crippen molar-refractivity contribution in [2.45, 2.75) is 46.2 Å². The van der Waals surface area contributed by atoms with Crippen LogP contribution in [0.1, 0.15) is 54.4 Å². The third kappa shape index (κ3) is 4.74. The first-order valence-electron chi connectivity index (χ1n) is 11.8. The first-order chi connectivity index (χ1) is 16.8. The average molecular weight is 471 g/mol. The topological polar surface area (TPSA) is 86.3 Å². The summed E-state index contributed by atoms with van der Waals surface area (Å²) in [4.78, 5) is 17.2. The minimum absolute atomic E-state index is 0.167. The molecule has 4 aromatic rings. The molecule has 1 aliphatic heterocycles. The van der Waals surface area contributed by atoms with Crippen LogP contribution in [0, 0.1) is 6.92 Å². The van der Waals surface area contributed by atoms with Crippen LogP contribution in [-0.4, -0.2) is 43.5 Å². The van der Waals surface area contributed by atoms with E-state index < -0.39 is 0 Å². The lowest BCUT2D eigenvalue weighted by Gasteiger charge is -2.18. The number of nitrogens with zero attached hydrogens (tertiary/aromatic N) is 5. The zero-order chi connectivity index (χ0) is 24.6. The van der Waals surface area contributed by atoms with Crippen molar-refractivity contribution in [3.05, 3.63) is 77.5 Å². The van der Waals surface area contributed by atoms with Crippen LogP contribution in [0.3, 0.4) is 0 Å². The molecule has 0 unspecified atom stereocenters. The second-order valence-corrected chi connectivity index (χ2v) is 9.86. The summed E-state index contributed by atoms with van der Waals surface area (Å²) in [6, 6.07) is 10.1. The van der Waals surface area contributed by atoms with Gasteiger partial charge in [-0.1, -0.05) is 18.2 Å². The molecule has 35 heavy (non-hydrogen) atoms. The van der Waals surface area contributed by atoms with Crippen LogP contribution >= 0.6 is 0 Å². The average Bonchev–Trinajstić information content (AvgIpc) is 3.51. The third-order valence-corrected chi connectivity index (χ3v) is 6.30. The number of carbonyl (C=O) groups is 1. The number of fused-ring (bicyclic) bond motifs is 1. The van der Waals surface area contributed by atoms with E-state index >= 15 is 0 Å². The molecule has 1 aromatic carbocycles. The van der Waals surface area contributed by atoms with Crippen LogP contribution in [0.25, 0.3) is 22.3 Å². The van der Waals surface area contributed by atoms with Gasteiger partial charge < -0.3 is 10.1 Å². The van der Waals surface area contributed by atoms with E-state index in [9.17, 15) is 4.79 Å². The number of nitrogens with one attached hydrogen (secondary N) is 1. The zero-order valence-electron chi connectivity index (χ0n) is 20.6. The van der Waals surface area contributed by atoms with Gasteiger partial charge in [0.15, 0.2) is 0 Å². The normalized spacial score (nSPS) is 14.2. The second-order valence-electron chi connectivity index (χ2n) is 9.86. The van der Waals surface area contributed by atoms with Crippen molar-refractivity contribution in [3.63, 3.8) is 0 Å². The van der Waals surface area contributed by atoms with E-state index in [4.69, 9.17) is 4.74 Å². The largest absolute Gasteiger partial charge is 0.377 e. The summed E-state index contributed by atoms with van der Waals surface area (Å²) in [5, 5.41) is 11.8. The predicted octanol–water partition coefficient (Wildman–Crippen LogP) is 4.39. The number of aryl methyl sites for hydroxylation is 1. The van der Waals surface area contributed by atoms with Crippen LogP contribution in [0.5, 0.6) is 0 Å². The highest BCUT2D eigenvalue weighted by molar-refractivity contribution is 5.92. The van der Waals surface area contributed by atoms with Crippen molar-refractivity contribution in [3.8, 4) is 11.3 Å². The van der Waals surface area contributed by atoms with Gasteiger partial charge in [-0.2, -0.15) is 10.2 Å². The van der Waals surface area contributed by atoms with Gasteiger partial charge in [0.2, 0.25) is 0 Å². The predicted molar refractivity (Wildman–Crippen MR) is 135 cm³/mol. The Balaban J connectivity index is 1.34. The highest BCUT2D eigenvalue weighted by atomic mass is 16.5. The SMILES string of the molecule is Cc1cc(-c2ncnn3cc(C4=CCOCC4)cc23)ccc1CNC(=O)c1ccn(C(C)(C)C)n1. The Labute approximate surface area is 204 Å². The van der Waals surface area contributed by atoms with Gasteiger partial charge >= 0.3 is 0 Å². The van der Waals surface area contributed by atoms with Crippen molar-refractivity contribution < 1.29 is 9.53 Å². The van der Waals surface area contributed by atoms with Gasteiger partial charge in [-0.05, 0) is 74.6 Å². The van der Waals surface area contributed by atoms with Crippen LogP contribution in [0.15, 0.2) is 55.1 Å². The summed E-state index contributed by atoms with van der Waals surface area (Å²) in [5.41, 5.74) is 7.67. The number of rotatable bonds is 5. The van der Waals surface area contributed by atoms with Gasteiger partial charge in [-0.15, -0.1) is 0 Å². The molecule has 0 bridgehead atoms. The number of aromatic nitrogens is 5. The van der Waals surface area contributed by atoms with Crippen LogP contribution < -0.4 is 5.32 Å². The van der Waals surface area contributed by atoms with E-state index in [1.165, 1.54) is 5.57 Å². The van der Waals surface area contributed by atoms with E-state index in [0.29, 0.717) is 18.8 Å². The van der Waals surface area contributed by atoms with Crippen molar-refractivity contribution in [2.24, 2.45) is 0 Å². The Morgan fingerprint density at radius 3 is 2.74 bits per heavy atom. The number of benzene rings is 1. The Morgan fingerprint density at radius 2 is 2.03 bits per heavy atom. The molecule has 4 heterocycles. The first kappa shape index (κ1) is 23.0. The standard InChI is InChI=1S/C27H30N6O2/c1-18-13-20(5-6-21(18)15-28-26(34)23-7-10-33(31-23)27(2,3)4)25-24-14-22(16-32(24)30-17-29-25)19-8-11-35-12-9-19/h5-8,10,13-14,16-17H,9,11-12,15H2,1-4H3,(H,28,34). The van der Waals surface area contributed by atoms with Crippen molar-refractivity contribution in [2.75, 3.05) is 13.2 Å². The summed E-state index contributed by atoms with van der Waals surface area (Å²) in [7, 11) is 0. The highest BCUT2D eigenvalue weighted by Gasteiger charge is 2.18. The molecule has 180 valence electrons. The molecule has 8 heteroatoms. The molecule has 8 nitrogen and oxygen atoms in total.